The second-order valence-corrected chi connectivity index (χ2v) is 5.92. The molecule has 2 rings (SSSR count). The second kappa shape index (κ2) is 6.49. The molecule has 1 aromatic carbocycles. The predicted molar refractivity (Wildman–Crippen MR) is 77.7 cm³/mol. The number of aryl methyl sites for hydroxylation is 1. The Labute approximate surface area is 116 Å². The summed E-state index contributed by atoms with van der Waals surface area (Å²) in [5.74, 6) is -0.0885. The molecule has 0 aliphatic carbocycles. The van der Waals surface area contributed by atoms with Crippen LogP contribution < -0.4 is 0 Å². The highest BCUT2D eigenvalue weighted by atomic mass is 19.1. The molecule has 1 aromatic rings. The molecule has 0 amide bonds. The average molecular weight is 264 g/mol. The number of likely N-dealkylation sites (tertiary alicyclic amines) is 1. The zero-order chi connectivity index (χ0) is 13.8. The summed E-state index contributed by atoms with van der Waals surface area (Å²) in [5, 5.41) is 0. The van der Waals surface area contributed by atoms with Gasteiger partial charge in [-0.2, -0.15) is 0 Å². The van der Waals surface area contributed by atoms with Crippen molar-refractivity contribution in [1.82, 2.24) is 9.80 Å². The number of piperidine rings is 1. The van der Waals surface area contributed by atoms with Crippen LogP contribution in [0.2, 0.25) is 0 Å². The van der Waals surface area contributed by atoms with Gasteiger partial charge in [0.25, 0.3) is 0 Å². The highest BCUT2D eigenvalue weighted by Gasteiger charge is 2.20. The van der Waals surface area contributed by atoms with E-state index in [9.17, 15) is 4.39 Å². The molecule has 1 aliphatic rings. The van der Waals surface area contributed by atoms with Crippen LogP contribution in [0.15, 0.2) is 18.2 Å². The first kappa shape index (κ1) is 14.5. The molecule has 0 bridgehead atoms. The van der Waals surface area contributed by atoms with E-state index < -0.39 is 0 Å². The van der Waals surface area contributed by atoms with Gasteiger partial charge in [0.1, 0.15) is 5.82 Å². The second-order valence-electron chi connectivity index (χ2n) is 5.92. The molecule has 0 saturated carbocycles. The van der Waals surface area contributed by atoms with Crippen molar-refractivity contribution in [2.45, 2.75) is 38.8 Å². The molecule has 1 unspecified atom stereocenters. The van der Waals surface area contributed by atoms with Crippen LogP contribution in [-0.4, -0.2) is 43.0 Å². The Balaban J connectivity index is 1.93. The third-order valence-corrected chi connectivity index (χ3v) is 4.09. The fraction of sp³-hybridized carbons (Fsp3) is 0.625. The van der Waals surface area contributed by atoms with E-state index in [1.807, 2.05) is 19.1 Å². The van der Waals surface area contributed by atoms with Crippen molar-refractivity contribution in [3.05, 3.63) is 35.1 Å². The Morgan fingerprint density at radius 3 is 2.89 bits per heavy atom. The first-order chi connectivity index (χ1) is 9.06. The van der Waals surface area contributed by atoms with E-state index in [2.05, 4.69) is 23.9 Å². The van der Waals surface area contributed by atoms with Crippen molar-refractivity contribution in [1.29, 1.82) is 0 Å². The zero-order valence-electron chi connectivity index (χ0n) is 12.3. The molecule has 0 N–H and O–H groups in total. The Hall–Kier alpha value is -0.930. The SMILES string of the molecule is Cc1ccc(F)c(CN(C)CC2CCCCN2C)c1. The summed E-state index contributed by atoms with van der Waals surface area (Å²) in [6, 6.07) is 5.97. The Bertz CT molecular complexity index is 419. The molecule has 0 radical (unpaired) electrons. The van der Waals surface area contributed by atoms with Gasteiger partial charge < -0.3 is 9.80 Å². The van der Waals surface area contributed by atoms with Gasteiger partial charge in [-0.25, -0.2) is 4.39 Å². The standard InChI is InChI=1S/C16H25FN2/c1-13-7-8-16(17)14(10-13)11-18(2)12-15-6-4-5-9-19(15)3/h7-8,10,15H,4-6,9,11-12H2,1-3H3. The molecule has 0 spiro atoms. The zero-order valence-corrected chi connectivity index (χ0v) is 12.3. The fourth-order valence-corrected chi connectivity index (χ4v) is 2.91. The van der Waals surface area contributed by atoms with E-state index in [1.54, 1.807) is 6.07 Å². The lowest BCUT2D eigenvalue weighted by molar-refractivity contribution is 0.138. The van der Waals surface area contributed by atoms with Gasteiger partial charge in [-0.3, -0.25) is 0 Å². The first-order valence-electron chi connectivity index (χ1n) is 7.20. The van der Waals surface area contributed by atoms with Crippen molar-refractivity contribution >= 4 is 0 Å². The van der Waals surface area contributed by atoms with E-state index in [4.69, 9.17) is 0 Å². The van der Waals surface area contributed by atoms with Crippen LogP contribution in [0.1, 0.15) is 30.4 Å². The molecular weight excluding hydrogens is 239 g/mol. The van der Waals surface area contributed by atoms with E-state index in [1.165, 1.54) is 25.8 Å². The number of nitrogens with zero attached hydrogens (tertiary/aromatic N) is 2. The fourth-order valence-electron chi connectivity index (χ4n) is 2.91. The summed E-state index contributed by atoms with van der Waals surface area (Å²) in [7, 11) is 4.29. The maximum absolute atomic E-state index is 13.7. The van der Waals surface area contributed by atoms with Crippen LogP contribution in [-0.2, 0) is 6.54 Å². The Morgan fingerprint density at radius 2 is 2.16 bits per heavy atom. The van der Waals surface area contributed by atoms with Gasteiger partial charge in [0.05, 0.1) is 0 Å². The molecule has 19 heavy (non-hydrogen) atoms. The highest BCUT2D eigenvalue weighted by Crippen LogP contribution is 2.17. The third kappa shape index (κ3) is 4.02. The van der Waals surface area contributed by atoms with E-state index in [0.717, 1.165) is 17.7 Å². The van der Waals surface area contributed by atoms with E-state index in [0.29, 0.717) is 12.6 Å². The normalized spacial score (nSPS) is 21.0. The molecule has 2 nitrogen and oxygen atoms in total. The van der Waals surface area contributed by atoms with Crippen molar-refractivity contribution < 1.29 is 4.39 Å². The quantitative estimate of drug-likeness (QED) is 0.824. The van der Waals surface area contributed by atoms with Crippen molar-refractivity contribution in [2.75, 3.05) is 27.2 Å². The molecule has 3 heteroatoms. The maximum Gasteiger partial charge on any atom is 0.127 e. The monoisotopic (exact) mass is 264 g/mol. The molecule has 1 aliphatic heterocycles. The van der Waals surface area contributed by atoms with E-state index in [-0.39, 0.29) is 5.82 Å². The van der Waals surface area contributed by atoms with Gasteiger partial charge in [0.15, 0.2) is 0 Å². The molecule has 0 aromatic heterocycles. The van der Waals surface area contributed by atoms with Crippen LogP contribution in [0.4, 0.5) is 4.39 Å². The maximum atomic E-state index is 13.7. The minimum Gasteiger partial charge on any atom is -0.302 e. The van der Waals surface area contributed by atoms with Crippen LogP contribution in [0, 0.1) is 12.7 Å². The number of halogens is 1. The summed E-state index contributed by atoms with van der Waals surface area (Å²) in [4.78, 5) is 4.68. The van der Waals surface area contributed by atoms with Crippen molar-refractivity contribution in [2.24, 2.45) is 0 Å². The highest BCUT2D eigenvalue weighted by molar-refractivity contribution is 5.23. The van der Waals surface area contributed by atoms with Gasteiger partial charge in [-0.1, -0.05) is 24.1 Å². The van der Waals surface area contributed by atoms with Gasteiger partial charge >= 0.3 is 0 Å². The van der Waals surface area contributed by atoms with Crippen LogP contribution in [0.3, 0.4) is 0 Å². The van der Waals surface area contributed by atoms with Gasteiger partial charge in [-0.15, -0.1) is 0 Å². The summed E-state index contributed by atoms with van der Waals surface area (Å²) in [5.41, 5.74) is 1.93. The third-order valence-electron chi connectivity index (χ3n) is 4.09. The lowest BCUT2D eigenvalue weighted by Gasteiger charge is -2.35. The molecule has 1 heterocycles. The van der Waals surface area contributed by atoms with Crippen molar-refractivity contribution in [3.63, 3.8) is 0 Å². The first-order valence-corrected chi connectivity index (χ1v) is 7.20. The molecule has 1 fully saturated rings. The number of benzene rings is 1. The number of likely N-dealkylation sites (N-methyl/N-ethyl adjacent to an activating group) is 2. The predicted octanol–water partition coefficient (Wildman–Crippen LogP) is 3.05. The molecule has 1 atom stereocenters. The topological polar surface area (TPSA) is 6.48 Å². The number of hydrogen-bond acceptors (Lipinski definition) is 2. The van der Waals surface area contributed by atoms with Gasteiger partial charge in [0.2, 0.25) is 0 Å². The molecular formula is C16H25FN2. The summed E-state index contributed by atoms with van der Waals surface area (Å²) in [6.07, 6.45) is 3.89. The van der Waals surface area contributed by atoms with Crippen LogP contribution >= 0.6 is 0 Å². The Morgan fingerprint density at radius 1 is 1.37 bits per heavy atom. The minimum atomic E-state index is -0.0885. The van der Waals surface area contributed by atoms with Gasteiger partial charge in [-0.05, 0) is 46.5 Å². The average Bonchev–Trinajstić information content (AvgIpc) is 2.37. The summed E-state index contributed by atoms with van der Waals surface area (Å²) < 4.78 is 13.7. The summed E-state index contributed by atoms with van der Waals surface area (Å²) >= 11 is 0. The molecule has 1 saturated heterocycles. The minimum absolute atomic E-state index is 0.0885. The Kier molecular flexibility index (Phi) is 4.94. The number of rotatable bonds is 4. The lowest BCUT2D eigenvalue weighted by atomic mass is 10.0. The largest absolute Gasteiger partial charge is 0.302 e. The van der Waals surface area contributed by atoms with E-state index >= 15 is 0 Å². The number of hydrogen-bond donors (Lipinski definition) is 0. The van der Waals surface area contributed by atoms with Gasteiger partial charge in [0, 0.05) is 24.7 Å². The summed E-state index contributed by atoms with van der Waals surface area (Å²) in [6.45, 7) is 4.91. The van der Waals surface area contributed by atoms with Crippen molar-refractivity contribution in [3.8, 4) is 0 Å². The van der Waals surface area contributed by atoms with Crippen LogP contribution in [0.25, 0.3) is 0 Å². The molecule has 106 valence electrons. The van der Waals surface area contributed by atoms with Crippen LogP contribution in [0.5, 0.6) is 0 Å². The smallest absolute Gasteiger partial charge is 0.127 e. The lowest BCUT2D eigenvalue weighted by Crippen LogP contribution is -2.43.